The van der Waals surface area contributed by atoms with Crippen LogP contribution in [0.2, 0.25) is 0 Å². The molecule has 4 nitrogen and oxygen atoms in total. The normalized spacial score (nSPS) is 10.6. The van der Waals surface area contributed by atoms with Crippen molar-refractivity contribution in [3.8, 4) is 0 Å². The highest BCUT2D eigenvalue weighted by atomic mass is 19.1. The number of aromatic amines is 1. The topological polar surface area (TPSA) is 66.0 Å². The van der Waals surface area contributed by atoms with E-state index in [4.69, 9.17) is 5.11 Å². The molecule has 0 aliphatic carbocycles. The van der Waals surface area contributed by atoms with E-state index in [2.05, 4.69) is 9.97 Å². The molecular formula is C6H5FN2O2. The maximum atomic E-state index is 12.1. The Balaban J connectivity index is 2.71. The van der Waals surface area contributed by atoms with Gasteiger partial charge in [0.2, 0.25) is 0 Å². The predicted molar refractivity (Wildman–Crippen MR) is 35.2 cm³/mol. The molecule has 0 unspecified atom stereocenters. The minimum Gasteiger partial charge on any atom is -0.478 e. The molecule has 0 atom stereocenters. The number of aliphatic carboxylic acids is 1. The molecule has 0 aliphatic heterocycles. The molecule has 0 spiro atoms. The van der Waals surface area contributed by atoms with Crippen LogP contribution in [0.25, 0.3) is 6.08 Å². The van der Waals surface area contributed by atoms with Gasteiger partial charge in [0.15, 0.2) is 0 Å². The molecule has 11 heavy (non-hydrogen) atoms. The van der Waals surface area contributed by atoms with Crippen LogP contribution in [-0.4, -0.2) is 21.0 Å². The third-order valence-corrected chi connectivity index (χ3v) is 0.970. The Morgan fingerprint density at radius 2 is 2.55 bits per heavy atom. The van der Waals surface area contributed by atoms with Gasteiger partial charge in [-0.05, 0) is 6.08 Å². The molecule has 0 bridgehead atoms. The van der Waals surface area contributed by atoms with Crippen LogP contribution in [0.15, 0.2) is 12.3 Å². The maximum absolute atomic E-state index is 12.1. The number of rotatable bonds is 2. The summed E-state index contributed by atoms with van der Waals surface area (Å²) in [5, 5.41) is 8.17. The van der Waals surface area contributed by atoms with Crippen LogP contribution in [-0.2, 0) is 4.79 Å². The number of H-pyrrole nitrogens is 1. The molecule has 2 N–H and O–H groups in total. The fraction of sp³-hybridized carbons (Fsp3) is 0. The van der Waals surface area contributed by atoms with Crippen molar-refractivity contribution in [3.63, 3.8) is 0 Å². The van der Waals surface area contributed by atoms with Gasteiger partial charge in [-0.1, -0.05) is 0 Å². The minimum atomic E-state index is -1.08. The SMILES string of the molecule is O=C(O)/C=C\c1cnc(F)[nH]1. The lowest BCUT2D eigenvalue weighted by Gasteiger charge is -1.79. The monoisotopic (exact) mass is 156 g/mol. The van der Waals surface area contributed by atoms with Gasteiger partial charge in [-0.25, -0.2) is 9.78 Å². The average Bonchev–Trinajstić information content (AvgIpc) is 2.31. The Bertz CT molecular complexity index is 293. The Hall–Kier alpha value is -1.65. The summed E-state index contributed by atoms with van der Waals surface area (Å²) < 4.78 is 12.1. The van der Waals surface area contributed by atoms with Crippen LogP contribution in [0.4, 0.5) is 4.39 Å². The fourth-order valence-electron chi connectivity index (χ4n) is 0.556. The molecule has 0 saturated carbocycles. The van der Waals surface area contributed by atoms with E-state index in [1.165, 1.54) is 12.3 Å². The Morgan fingerprint density at radius 3 is 3.00 bits per heavy atom. The zero-order chi connectivity index (χ0) is 8.27. The first-order valence-corrected chi connectivity index (χ1v) is 2.80. The third kappa shape index (κ3) is 2.21. The van der Waals surface area contributed by atoms with Crippen LogP contribution in [0.5, 0.6) is 0 Å². The van der Waals surface area contributed by atoms with Crippen molar-refractivity contribution in [1.82, 2.24) is 9.97 Å². The minimum absolute atomic E-state index is 0.324. The number of nitrogens with one attached hydrogen (secondary N) is 1. The lowest BCUT2D eigenvalue weighted by molar-refractivity contribution is -0.131. The number of carboxylic acid groups (broad SMARTS) is 1. The molecule has 0 fully saturated rings. The summed E-state index contributed by atoms with van der Waals surface area (Å²) in [4.78, 5) is 15.4. The molecule has 5 heteroatoms. The molecular weight excluding hydrogens is 151 g/mol. The molecule has 1 rings (SSSR count). The summed E-state index contributed by atoms with van der Waals surface area (Å²) in [6.45, 7) is 0. The molecule has 1 aromatic rings. The predicted octanol–water partition coefficient (Wildman–Crippen LogP) is 0.647. The first-order valence-electron chi connectivity index (χ1n) is 2.80. The smallest absolute Gasteiger partial charge is 0.328 e. The van der Waals surface area contributed by atoms with Gasteiger partial charge < -0.3 is 10.1 Å². The van der Waals surface area contributed by atoms with E-state index >= 15 is 0 Å². The highest BCUT2D eigenvalue weighted by Crippen LogP contribution is 1.97. The van der Waals surface area contributed by atoms with Gasteiger partial charge in [-0.2, -0.15) is 4.39 Å². The molecule has 0 amide bonds. The number of hydrogen-bond donors (Lipinski definition) is 2. The number of aromatic nitrogens is 2. The molecule has 58 valence electrons. The molecule has 1 heterocycles. The van der Waals surface area contributed by atoms with Crippen LogP contribution in [0, 0.1) is 6.08 Å². The average molecular weight is 156 g/mol. The van der Waals surface area contributed by atoms with E-state index < -0.39 is 12.0 Å². The summed E-state index contributed by atoms with van der Waals surface area (Å²) in [5.74, 6) is -1.08. The van der Waals surface area contributed by atoms with Crippen molar-refractivity contribution in [2.75, 3.05) is 0 Å². The van der Waals surface area contributed by atoms with Crippen molar-refractivity contribution in [3.05, 3.63) is 24.0 Å². The van der Waals surface area contributed by atoms with Gasteiger partial charge in [0.25, 0.3) is 6.08 Å². The van der Waals surface area contributed by atoms with Gasteiger partial charge in [0, 0.05) is 6.08 Å². The fourth-order valence-corrected chi connectivity index (χ4v) is 0.556. The van der Waals surface area contributed by atoms with Crippen molar-refractivity contribution in [2.45, 2.75) is 0 Å². The van der Waals surface area contributed by atoms with E-state index in [9.17, 15) is 9.18 Å². The zero-order valence-corrected chi connectivity index (χ0v) is 5.41. The maximum Gasteiger partial charge on any atom is 0.328 e. The van der Waals surface area contributed by atoms with Gasteiger partial charge in [-0.15, -0.1) is 0 Å². The number of carbonyl (C=O) groups is 1. The van der Waals surface area contributed by atoms with E-state index in [0.717, 1.165) is 6.08 Å². The summed E-state index contributed by atoms with van der Waals surface area (Å²) in [5.41, 5.74) is 0.324. The quantitative estimate of drug-likeness (QED) is 0.617. The Morgan fingerprint density at radius 1 is 1.82 bits per heavy atom. The van der Waals surface area contributed by atoms with Gasteiger partial charge in [0.1, 0.15) is 0 Å². The standard InChI is InChI=1S/C6H5FN2O2/c7-6-8-3-4(9-6)1-2-5(10)11/h1-3H,(H,8,9)(H,10,11)/b2-1-. The lowest BCUT2D eigenvalue weighted by atomic mass is 10.4. The van der Waals surface area contributed by atoms with Gasteiger partial charge in [0.05, 0.1) is 11.9 Å². The van der Waals surface area contributed by atoms with Gasteiger partial charge >= 0.3 is 5.97 Å². The van der Waals surface area contributed by atoms with Crippen molar-refractivity contribution < 1.29 is 14.3 Å². The highest BCUT2D eigenvalue weighted by Gasteiger charge is 1.94. The van der Waals surface area contributed by atoms with Crippen LogP contribution < -0.4 is 0 Å². The van der Waals surface area contributed by atoms with E-state index in [1.54, 1.807) is 0 Å². The summed E-state index contributed by atoms with van der Waals surface area (Å²) in [6.07, 6.45) is 2.59. The largest absolute Gasteiger partial charge is 0.478 e. The van der Waals surface area contributed by atoms with Crippen LogP contribution >= 0.6 is 0 Å². The third-order valence-electron chi connectivity index (χ3n) is 0.970. The summed E-state index contributed by atoms with van der Waals surface area (Å²) >= 11 is 0. The zero-order valence-electron chi connectivity index (χ0n) is 5.41. The van der Waals surface area contributed by atoms with Crippen molar-refractivity contribution in [2.24, 2.45) is 0 Å². The number of halogens is 1. The van der Waals surface area contributed by atoms with E-state index in [0.29, 0.717) is 5.69 Å². The molecule has 0 aromatic carbocycles. The Labute approximate surface area is 61.4 Å². The van der Waals surface area contributed by atoms with Crippen molar-refractivity contribution in [1.29, 1.82) is 0 Å². The first kappa shape index (κ1) is 7.46. The molecule has 0 radical (unpaired) electrons. The molecule has 1 aromatic heterocycles. The highest BCUT2D eigenvalue weighted by molar-refractivity contribution is 5.84. The number of hydrogen-bond acceptors (Lipinski definition) is 2. The number of carboxylic acids is 1. The molecule has 0 saturated heterocycles. The number of nitrogens with zero attached hydrogens (tertiary/aromatic N) is 1. The first-order chi connectivity index (χ1) is 5.18. The van der Waals surface area contributed by atoms with Crippen molar-refractivity contribution >= 4 is 12.0 Å². The van der Waals surface area contributed by atoms with Crippen LogP contribution in [0.1, 0.15) is 5.69 Å². The number of imidazole rings is 1. The summed E-state index contributed by atoms with van der Waals surface area (Å²) in [7, 11) is 0. The lowest BCUT2D eigenvalue weighted by Crippen LogP contribution is -1.85. The summed E-state index contributed by atoms with van der Waals surface area (Å²) in [6, 6.07) is 0. The Kier molecular flexibility index (Phi) is 2.00. The second-order valence-electron chi connectivity index (χ2n) is 1.80. The molecule has 0 aliphatic rings. The van der Waals surface area contributed by atoms with E-state index in [-0.39, 0.29) is 0 Å². The van der Waals surface area contributed by atoms with Gasteiger partial charge in [-0.3, -0.25) is 0 Å². The second-order valence-corrected chi connectivity index (χ2v) is 1.80. The van der Waals surface area contributed by atoms with Crippen LogP contribution in [0.3, 0.4) is 0 Å². The second kappa shape index (κ2) is 2.96. The van der Waals surface area contributed by atoms with E-state index in [1.807, 2.05) is 0 Å².